The first-order valence-electron chi connectivity index (χ1n) is 8.78. The van der Waals surface area contributed by atoms with Gasteiger partial charge in [0.05, 0.1) is 24.3 Å². The van der Waals surface area contributed by atoms with Crippen LogP contribution in [0.2, 0.25) is 0 Å². The molecule has 5 nitrogen and oxygen atoms in total. The lowest BCUT2D eigenvalue weighted by Crippen LogP contribution is -2.30. The Balaban J connectivity index is 2.00. The Hall–Kier alpha value is -2.66. The number of hydrogen-bond donors (Lipinski definition) is 2. The van der Waals surface area contributed by atoms with Crippen LogP contribution < -0.4 is 0 Å². The number of hydrogen-bond acceptors (Lipinski definition) is 3. The molecule has 0 unspecified atom stereocenters. The summed E-state index contributed by atoms with van der Waals surface area (Å²) in [5, 5.41) is 18.0. The van der Waals surface area contributed by atoms with Crippen molar-refractivity contribution in [1.29, 1.82) is 0 Å². The fraction of sp³-hybridized carbons (Fsp3) is 0.364. The summed E-state index contributed by atoms with van der Waals surface area (Å²) in [4.78, 5) is 22.0. The molecule has 2 aromatic carbocycles. The van der Waals surface area contributed by atoms with Gasteiger partial charge in [0.15, 0.2) is 0 Å². The lowest BCUT2D eigenvalue weighted by atomic mass is 9.84. The predicted octanol–water partition coefficient (Wildman–Crippen LogP) is 4.36. The SMILES string of the molecule is CC(C)(COCC(C)(C)c1ccc(C(=O)O)cc1)c1ccc(C(=O)O)cc1. The third-order valence-corrected chi connectivity index (χ3v) is 4.75. The summed E-state index contributed by atoms with van der Waals surface area (Å²) in [7, 11) is 0. The van der Waals surface area contributed by atoms with Gasteiger partial charge < -0.3 is 14.9 Å². The Morgan fingerprint density at radius 3 is 1.26 bits per heavy atom. The highest BCUT2D eigenvalue weighted by Crippen LogP contribution is 2.27. The fourth-order valence-electron chi connectivity index (χ4n) is 2.86. The van der Waals surface area contributed by atoms with Crippen LogP contribution in [0.4, 0.5) is 0 Å². The van der Waals surface area contributed by atoms with Crippen molar-refractivity contribution in [3.05, 3.63) is 70.8 Å². The average molecular weight is 370 g/mol. The van der Waals surface area contributed by atoms with Crippen molar-refractivity contribution in [3.63, 3.8) is 0 Å². The molecule has 0 saturated carbocycles. The van der Waals surface area contributed by atoms with Gasteiger partial charge in [0, 0.05) is 10.8 Å². The van der Waals surface area contributed by atoms with Gasteiger partial charge in [-0.15, -0.1) is 0 Å². The maximum Gasteiger partial charge on any atom is 0.335 e. The third kappa shape index (κ3) is 5.17. The summed E-state index contributed by atoms with van der Waals surface area (Å²) >= 11 is 0. The van der Waals surface area contributed by atoms with Gasteiger partial charge in [-0.05, 0) is 35.4 Å². The first kappa shape index (κ1) is 20.6. The molecule has 0 heterocycles. The molecule has 27 heavy (non-hydrogen) atoms. The molecule has 144 valence electrons. The summed E-state index contributed by atoms with van der Waals surface area (Å²) in [6.07, 6.45) is 0. The molecule has 0 aliphatic heterocycles. The van der Waals surface area contributed by atoms with Crippen LogP contribution in [0, 0.1) is 0 Å². The zero-order chi connectivity index (χ0) is 20.2. The van der Waals surface area contributed by atoms with Gasteiger partial charge in [0.1, 0.15) is 0 Å². The third-order valence-electron chi connectivity index (χ3n) is 4.75. The van der Waals surface area contributed by atoms with Crippen LogP contribution in [-0.2, 0) is 15.6 Å². The van der Waals surface area contributed by atoms with Gasteiger partial charge in [0.2, 0.25) is 0 Å². The Labute approximate surface area is 159 Å². The average Bonchev–Trinajstić information content (AvgIpc) is 2.61. The molecule has 0 aliphatic rings. The highest BCUT2D eigenvalue weighted by molar-refractivity contribution is 5.88. The number of carboxylic acid groups (broad SMARTS) is 2. The molecule has 2 aromatic rings. The van der Waals surface area contributed by atoms with Crippen molar-refractivity contribution >= 4 is 11.9 Å². The second-order valence-corrected chi connectivity index (χ2v) is 8.03. The van der Waals surface area contributed by atoms with E-state index >= 15 is 0 Å². The zero-order valence-electron chi connectivity index (χ0n) is 16.2. The van der Waals surface area contributed by atoms with E-state index in [-0.39, 0.29) is 22.0 Å². The normalized spacial score (nSPS) is 12.0. The predicted molar refractivity (Wildman–Crippen MR) is 104 cm³/mol. The molecule has 0 radical (unpaired) electrons. The standard InChI is InChI=1S/C22H26O5/c1-21(2,17-9-5-15(6-10-17)19(23)24)13-27-14-22(3,4)18-11-7-16(8-12-18)20(25)26/h5-12H,13-14H2,1-4H3,(H,23,24)(H,25,26). The molecule has 0 fully saturated rings. The largest absolute Gasteiger partial charge is 0.478 e. The lowest BCUT2D eigenvalue weighted by molar-refractivity contribution is 0.0632. The minimum absolute atomic E-state index is 0.264. The number of aromatic carboxylic acids is 2. The molecule has 0 amide bonds. The molecule has 5 heteroatoms. The zero-order valence-corrected chi connectivity index (χ0v) is 16.2. The highest BCUT2D eigenvalue weighted by Gasteiger charge is 2.25. The number of ether oxygens (including phenoxy) is 1. The second kappa shape index (κ2) is 7.92. The summed E-state index contributed by atoms with van der Waals surface area (Å²) in [5.74, 6) is -1.88. The van der Waals surface area contributed by atoms with E-state index < -0.39 is 11.9 Å². The Kier molecular flexibility index (Phi) is 6.06. The maximum atomic E-state index is 11.0. The number of carbonyl (C=O) groups is 2. The quantitative estimate of drug-likeness (QED) is 0.721. The molecule has 0 saturated heterocycles. The van der Waals surface area contributed by atoms with Crippen molar-refractivity contribution < 1.29 is 24.5 Å². The summed E-state index contributed by atoms with van der Waals surface area (Å²) in [5.41, 5.74) is 2.02. The van der Waals surface area contributed by atoms with Crippen molar-refractivity contribution in [2.75, 3.05) is 13.2 Å². The van der Waals surface area contributed by atoms with Gasteiger partial charge in [-0.1, -0.05) is 52.0 Å². The molecule has 0 atom stereocenters. The molecule has 0 bridgehead atoms. The van der Waals surface area contributed by atoms with Crippen LogP contribution >= 0.6 is 0 Å². The van der Waals surface area contributed by atoms with Gasteiger partial charge in [-0.3, -0.25) is 0 Å². The molecule has 0 aromatic heterocycles. The molecule has 2 N–H and O–H groups in total. The van der Waals surface area contributed by atoms with Crippen LogP contribution in [0.15, 0.2) is 48.5 Å². The van der Waals surface area contributed by atoms with Crippen molar-refractivity contribution in [3.8, 4) is 0 Å². The lowest BCUT2D eigenvalue weighted by Gasteiger charge is -2.30. The van der Waals surface area contributed by atoms with Gasteiger partial charge >= 0.3 is 11.9 Å². The van der Waals surface area contributed by atoms with E-state index in [4.69, 9.17) is 14.9 Å². The topological polar surface area (TPSA) is 83.8 Å². The summed E-state index contributed by atoms with van der Waals surface area (Å²) in [6.45, 7) is 9.18. The Bertz CT molecular complexity index is 732. The summed E-state index contributed by atoms with van der Waals surface area (Å²) < 4.78 is 5.99. The molecule has 0 aliphatic carbocycles. The van der Waals surface area contributed by atoms with E-state index in [9.17, 15) is 9.59 Å². The van der Waals surface area contributed by atoms with E-state index in [1.807, 2.05) is 24.3 Å². The number of carboxylic acids is 2. The molecule has 2 rings (SSSR count). The van der Waals surface area contributed by atoms with E-state index in [0.29, 0.717) is 13.2 Å². The van der Waals surface area contributed by atoms with Gasteiger partial charge in [-0.25, -0.2) is 9.59 Å². The second-order valence-electron chi connectivity index (χ2n) is 8.03. The van der Waals surface area contributed by atoms with Crippen molar-refractivity contribution in [2.45, 2.75) is 38.5 Å². The Morgan fingerprint density at radius 1 is 0.704 bits per heavy atom. The highest BCUT2D eigenvalue weighted by atomic mass is 16.5. The van der Waals surface area contributed by atoms with Crippen LogP contribution in [0.5, 0.6) is 0 Å². The van der Waals surface area contributed by atoms with E-state index in [1.165, 1.54) is 0 Å². The summed E-state index contributed by atoms with van der Waals surface area (Å²) in [6, 6.07) is 13.7. The molecular formula is C22H26O5. The first-order valence-corrected chi connectivity index (χ1v) is 8.78. The minimum Gasteiger partial charge on any atom is -0.478 e. The van der Waals surface area contributed by atoms with Crippen LogP contribution in [0.3, 0.4) is 0 Å². The van der Waals surface area contributed by atoms with Crippen molar-refractivity contribution in [2.24, 2.45) is 0 Å². The molecular weight excluding hydrogens is 344 g/mol. The number of rotatable bonds is 8. The van der Waals surface area contributed by atoms with Crippen molar-refractivity contribution in [1.82, 2.24) is 0 Å². The van der Waals surface area contributed by atoms with Crippen LogP contribution in [-0.4, -0.2) is 35.4 Å². The van der Waals surface area contributed by atoms with E-state index in [1.54, 1.807) is 24.3 Å². The van der Waals surface area contributed by atoms with Gasteiger partial charge in [-0.2, -0.15) is 0 Å². The van der Waals surface area contributed by atoms with E-state index in [2.05, 4.69) is 27.7 Å². The first-order chi connectivity index (χ1) is 12.5. The fourth-order valence-corrected chi connectivity index (χ4v) is 2.86. The smallest absolute Gasteiger partial charge is 0.335 e. The van der Waals surface area contributed by atoms with E-state index in [0.717, 1.165) is 11.1 Å². The monoisotopic (exact) mass is 370 g/mol. The molecule has 0 spiro atoms. The van der Waals surface area contributed by atoms with Crippen LogP contribution in [0.1, 0.15) is 59.5 Å². The number of benzene rings is 2. The minimum atomic E-state index is -0.939. The van der Waals surface area contributed by atoms with Gasteiger partial charge in [0.25, 0.3) is 0 Å². The Morgan fingerprint density at radius 2 is 1.00 bits per heavy atom. The van der Waals surface area contributed by atoms with Crippen LogP contribution in [0.25, 0.3) is 0 Å². The maximum absolute atomic E-state index is 11.0.